The third-order valence-electron chi connectivity index (χ3n) is 4.54. The standard InChI is InChI=1S/C20H22F3N3O2/c1-3-26-11-13(28-17-7-5-4-6-16(17)26)10-25(2)12-18(27)24-15-9-8-14(21)19(22)20(15)23/h4-9,13H,3,10-12H2,1-2H3,(H,24,27). The Morgan fingerprint density at radius 1 is 1.21 bits per heavy atom. The molecule has 0 radical (unpaired) electrons. The molecule has 150 valence electrons. The maximum Gasteiger partial charge on any atom is 0.238 e. The summed E-state index contributed by atoms with van der Waals surface area (Å²) >= 11 is 0. The van der Waals surface area contributed by atoms with Gasteiger partial charge in [-0.1, -0.05) is 12.1 Å². The fourth-order valence-corrected chi connectivity index (χ4v) is 3.24. The molecule has 2 aromatic rings. The van der Waals surface area contributed by atoms with Crippen LogP contribution < -0.4 is 15.0 Å². The Labute approximate surface area is 161 Å². The van der Waals surface area contributed by atoms with E-state index in [9.17, 15) is 18.0 Å². The quantitative estimate of drug-likeness (QED) is 0.766. The van der Waals surface area contributed by atoms with Crippen molar-refractivity contribution in [2.75, 3.05) is 43.4 Å². The Bertz CT molecular complexity index is 863. The van der Waals surface area contributed by atoms with Crippen LogP contribution in [0.4, 0.5) is 24.5 Å². The summed E-state index contributed by atoms with van der Waals surface area (Å²) in [5.41, 5.74) is 0.646. The number of fused-ring (bicyclic) bond motifs is 1. The Morgan fingerprint density at radius 3 is 2.71 bits per heavy atom. The SMILES string of the molecule is CCN1CC(CN(C)CC(=O)Nc2ccc(F)c(F)c2F)Oc2ccccc21. The smallest absolute Gasteiger partial charge is 0.238 e. The highest BCUT2D eigenvalue weighted by atomic mass is 19.2. The number of benzene rings is 2. The minimum atomic E-state index is -1.61. The van der Waals surface area contributed by atoms with Crippen molar-refractivity contribution < 1.29 is 22.7 Å². The second kappa shape index (κ2) is 8.52. The van der Waals surface area contributed by atoms with Crippen molar-refractivity contribution >= 4 is 17.3 Å². The molecular weight excluding hydrogens is 371 g/mol. The number of carbonyl (C=O) groups excluding carboxylic acids is 1. The van der Waals surface area contributed by atoms with Gasteiger partial charge in [-0.25, -0.2) is 13.2 Å². The average Bonchev–Trinajstić information content (AvgIpc) is 2.67. The molecule has 0 aliphatic carbocycles. The maximum atomic E-state index is 13.7. The van der Waals surface area contributed by atoms with Crippen LogP contribution in [0, 0.1) is 17.5 Å². The molecule has 1 N–H and O–H groups in total. The van der Waals surface area contributed by atoms with E-state index in [1.807, 2.05) is 24.3 Å². The van der Waals surface area contributed by atoms with Gasteiger partial charge in [0.05, 0.1) is 24.5 Å². The summed E-state index contributed by atoms with van der Waals surface area (Å²) in [5.74, 6) is -4.07. The van der Waals surface area contributed by atoms with Gasteiger partial charge in [-0.3, -0.25) is 9.69 Å². The third-order valence-corrected chi connectivity index (χ3v) is 4.54. The van der Waals surface area contributed by atoms with Crippen LogP contribution in [0.1, 0.15) is 6.92 Å². The van der Waals surface area contributed by atoms with Crippen molar-refractivity contribution in [3.8, 4) is 5.75 Å². The highest BCUT2D eigenvalue weighted by Gasteiger charge is 2.26. The van der Waals surface area contributed by atoms with Gasteiger partial charge in [0, 0.05) is 13.1 Å². The van der Waals surface area contributed by atoms with E-state index in [1.165, 1.54) is 0 Å². The summed E-state index contributed by atoms with van der Waals surface area (Å²) in [6, 6.07) is 9.53. The number of amides is 1. The monoisotopic (exact) mass is 393 g/mol. The lowest BCUT2D eigenvalue weighted by Gasteiger charge is -2.37. The molecule has 28 heavy (non-hydrogen) atoms. The molecule has 0 fully saturated rings. The Hall–Kier alpha value is -2.74. The van der Waals surface area contributed by atoms with E-state index < -0.39 is 29.0 Å². The van der Waals surface area contributed by atoms with Crippen LogP contribution in [-0.4, -0.2) is 50.1 Å². The van der Waals surface area contributed by atoms with Gasteiger partial charge in [-0.2, -0.15) is 0 Å². The Morgan fingerprint density at radius 2 is 1.96 bits per heavy atom. The number of nitrogens with one attached hydrogen (secondary N) is 1. The zero-order valence-electron chi connectivity index (χ0n) is 15.7. The van der Waals surface area contributed by atoms with Crippen molar-refractivity contribution in [3.63, 3.8) is 0 Å². The fraction of sp³-hybridized carbons (Fsp3) is 0.350. The summed E-state index contributed by atoms with van der Waals surface area (Å²) in [6.07, 6.45) is -0.146. The van der Waals surface area contributed by atoms with Crippen LogP contribution in [-0.2, 0) is 4.79 Å². The van der Waals surface area contributed by atoms with Gasteiger partial charge < -0.3 is 15.0 Å². The first-order valence-corrected chi connectivity index (χ1v) is 9.01. The minimum absolute atomic E-state index is 0.0495. The van der Waals surface area contributed by atoms with Gasteiger partial charge in [0.1, 0.15) is 11.9 Å². The normalized spacial score (nSPS) is 15.9. The molecule has 0 saturated heterocycles. The van der Waals surface area contributed by atoms with Crippen molar-refractivity contribution in [2.45, 2.75) is 13.0 Å². The Balaban J connectivity index is 1.58. The maximum absolute atomic E-state index is 13.7. The van der Waals surface area contributed by atoms with Gasteiger partial charge in [0.15, 0.2) is 17.5 Å². The molecule has 1 aliphatic rings. The van der Waals surface area contributed by atoms with Gasteiger partial charge >= 0.3 is 0 Å². The number of nitrogens with zero attached hydrogens (tertiary/aromatic N) is 2. The van der Waals surface area contributed by atoms with Gasteiger partial charge in [-0.05, 0) is 38.2 Å². The van der Waals surface area contributed by atoms with E-state index in [0.29, 0.717) is 13.1 Å². The zero-order valence-corrected chi connectivity index (χ0v) is 15.7. The number of hydrogen-bond acceptors (Lipinski definition) is 4. The number of anilines is 2. The van der Waals surface area contributed by atoms with E-state index >= 15 is 0 Å². The molecular formula is C20H22F3N3O2. The predicted octanol–water partition coefficient (Wildman–Crippen LogP) is 3.26. The van der Waals surface area contributed by atoms with Crippen LogP contribution in [0.3, 0.4) is 0 Å². The second-order valence-corrected chi connectivity index (χ2v) is 6.71. The number of rotatable bonds is 6. The predicted molar refractivity (Wildman–Crippen MR) is 101 cm³/mol. The number of hydrogen-bond donors (Lipinski definition) is 1. The van der Waals surface area contributed by atoms with E-state index in [2.05, 4.69) is 17.1 Å². The molecule has 3 rings (SSSR count). The van der Waals surface area contributed by atoms with Crippen LogP contribution in [0.5, 0.6) is 5.75 Å². The third kappa shape index (κ3) is 4.39. The highest BCUT2D eigenvalue weighted by Crippen LogP contribution is 2.32. The summed E-state index contributed by atoms with van der Waals surface area (Å²) in [4.78, 5) is 16.1. The minimum Gasteiger partial charge on any atom is -0.485 e. The van der Waals surface area contributed by atoms with Gasteiger partial charge in [-0.15, -0.1) is 0 Å². The molecule has 0 spiro atoms. The van der Waals surface area contributed by atoms with E-state index in [1.54, 1.807) is 11.9 Å². The summed E-state index contributed by atoms with van der Waals surface area (Å²) in [5, 5.41) is 2.27. The molecule has 0 saturated carbocycles. The van der Waals surface area contributed by atoms with Crippen molar-refractivity contribution in [3.05, 3.63) is 53.8 Å². The molecule has 1 amide bonds. The van der Waals surface area contributed by atoms with Crippen molar-refractivity contribution in [2.24, 2.45) is 0 Å². The summed E-state index contributed by atoms with van der Waals surface area (Å²) in [6.45, 7) is 3.99. The van der Waals surface area contributed by atoms with Crippen LogP contribution >= 0.6 is 0 Å². The molecule has 1 atom stereocenters. The topological polar surface area (TPSA) is 44.8 Å². The number of likely N-dealkylation sites (N-methyl/N-ethyl adjacent to an activating group) is 2. The number of carbonyl (C=O) groups is 1. The van der Waals surface area contributed by atoms with Gasteiger partial charge in [0.25, 0.3) is 0 Å². The molecule has 0 aromatic heterocycles. The largest absolute Gasteiger partial charge is 0.485 e. The lowest BCUT2D eigenvalue weighted by Crippen LogP contribution is -2.46. The fourth-order valence-electron chi connectivity index (χ4n) is 3.24. The van der Waals surface area contributed by atoms with E-state index in [4.69, 9.17) is 4.74 Å². The molecule has 5 nitrogen and oxygen atoms in total. The first-order chi connectivity index (χ1) is 13.4. The first-order valence-electron chi connectivity index (χ1n) is 9.01. The molecule has 0 bridgehead atoms. The van der Waals surface area contributed by atoms with Crippen LogP contribution in [0.2, 0.25) is 0 Å². The van der Waals surface area contributed by atoms with E-state index in [0.717, 1.165) is 30.1 Å². The average molecular weight is 393 g/mol. The molecule has 2 aromatic carbocycles. The van der Waals surface area contributed by atoms with Crippen molar-refractivity contribution in [1.29, 1.82) is 0 Å². The number of ether oxygens (including phenoxy) is 1. The first kappa shape index (κ1) is 20.0. The summed E-state index contributed by atoms with van der Waals surface area (Å²) < 4.78 is 46.0. The molecule has 1 unspecified atom stereocenters. The Kier molecular flexibility index (Phi) is 6.08. The zero-order chi connectivity index (χ0) is 20.3. The molecule has 8 heteroatoms. The number of halogens is 3. The van der Waals surface area contributed by atoms with E-state index in [-0.39, 0.29) is 12.6 Å². The molecule has 1 aliphatic heterocycles. The lowest BCUT2D eigenvalue weighted by molar-refractivity contribution is -0.117. The second-order valence-electron chi connectivity index (χ2n) is 6.71. The summed E-state index contributed by atoms with van der Waals surface area (Å²) in [7, 11) is 1.74. The highest BCUT2D eigenvalue weighted by molar-refractivity contribution is 5.92. The number of para-hydroxylation sites is 2. The van der Waals surface area contributed by atoms with Gasteiger partial charge in [0.2, 0.25) is 5.91 Å². The molecule has 1 heterocycles. The van der Waals surface area contributed by atoms with Crippen molar-refractivity contribution in [1.82, 2.24) is 4.90 Å². The van der Waals surface area contributed by atoms with Crippen LogP contribution in [0.25, 0.3) is 0 Å². The lowest BCUT2D eigenvalue weighted by atomic mass is 10.2. The van der Waals surface area contributed by atoms with Crippen LogP contribution in [0.15, 0.2) is 36.4 Å².